The molecule has 0 fully saturated rings. The highest BCUT2D eigenvalue weighted by Crippen LogP contribution is 2.31. The van der Waals surface area contributed by atoms with E-state index in [-0.39, 0.29) is 10.6 Å². The number of ether oxygens (including phenoxy) is 1. The van der Waals surface area contributed by atoms with Gasteiger partial charge in [-0.1, -0.05) is 29.8 Å². The second kappa shape index (κ2) is 5.55. The normalized spacial score (nSPS) is 12.3. The second-order valence-corrected chi connectivity index (χ2v) is 4.35. The molecule has 0 saturated carbocycles. The molecule has 2 nitrogen and oxygen atoms in total. The summed E-state index contributed by atoms with van der Waals surface area (Å²) in [7, 11) is 1.46. The molecule has 5 heteroatoms. The first kappa shape index (κ1) is 13.8. The monoisotopic (exact) mass is 284 g/mol. The maximum atomic E-state index is 13.6. The number of aliphatic hydroxyl groups is 1. The van der Waals surface area contributed by atoms with Crippen molar-refractivity contribution in [2.75, 3.05) is 7.11 Å². The van der Waals surface area contributed by atoms with Crippen LogP contribution in [0.1, 0.15) is 17.2 Å². The molecule has 1 unspecified atom stereocenters. The maximum Gasteiger partial charge on any atom is 0.164 e. The highest BCUT2D eigenvalue weighted by molar-refractivity contribution is 6.32. The molecule has 1 N–H and O–H groups in total. The molecule has 0 spiro atoms. The van der Waals surface area contributed by atoms with Crippen LogP contribution < -0.4 is 4.74 Å². The fourth-order valence-electron chi connectivity index (χ4n) is 1.76. The predicted molar refractivity (Wildman–Crippen MR) is 68.4 cm³/mol. The van der Waals surface area contributed by atoms with Gasteiger partial charge in [0.1, 0.15) is 11.9 Å². The molecule has 2 aromatic rings. The summed E-state index contributed by atoms with van der Waals surface area (Å²) in [5, 5.41) is 10.4. The van der Waals surface area contributed by atoms with Gasteiger partial charge in [-0.25, -0.2) is 8.78 Å². The van der Waals surface area contributed by atoms with Gasteiger partial charge in [-0.05, 0) is 23.8 Å². The molecule has 100 valence electrons. The molecule has 2 rings (SSSR count). The zero-order chi connectivity index (χ0) is 14.0. The Morgan fingerprint density at radius 2 is 1.95 bits per heavy atom. The van der Waals surface area contributed by atoms with Gasteiger partial charge in [-0.2, -0.15) is 0 Å². The summed E-state index contributed by atoms with van der Waals surface area (Å²) in [5.74, 6) is -1.63. The van der Waals surface area contributed by atoms with Crippen LogP contribution in [0.4, 0.5) is 8.78 Å². The van der Waals surface area contributed by atoms with Crippen molar-refractivity contribution < 1.29 is 18.6 Å². The summed E-state index contributed by atoms with van der Waals surface area (Å²) in [4.78, 5) is 0. The summed E-state index contributed by atoms with van der Waals surface area (Å²) in [6.45, 7) is 0. The van der Waals surface area contributed by atoms with Crippen LogP contribution in [-0.4, -0.2) is 12.2 Å². The van der Waals surface area contributed by atoms with Crippen molar-refractivity contribution in [1.29, 1.82) is 0 Å². The standard InChI is InChI=1S/C14H11ClF2O2/c1-19-12-6-5-8(7-10(12)15)14(18)9-3-2-4-11(16)13(9)17/h2-7,14,18H,1H3. The Hall–Kier alpha value is -1.65. The minimum absolute atomic E-state index is 0.138. The number of halogens is 3. The quantitative estimate of drug-likeness (QED) is 0.931. The molecule has 0 bridgehead atoms. The number of methoxy groups -OCH3 is 1. The summed E-state index contributed by atoms with van der Waals surface area (Å²) >= 11 is 5.93. The van der Waals surface area contributed by atoms with E-state index in [0.29, 0.717) is 11.3 Å². The van der Waals surface area contributed by atoms with Gasteiger partial charge in [0, 0.05) is 5.56 Å². The van der Waals surface area contributed by atoms with Gasteiger partial charge >= 0.3 is 0 Å². The van der Waals surface area contributed by atoms with Crippen molar-refractivity contribution in [2.45, 2.75) is 6.10 Å². The lowest BCUT2D eigenvalue weighted by Crippen LogP contribution is -2.04. The van der Waals surface area contributed by atoms with Gasteiger partial charge in [-0.3, -0.25) is 0 Å². The van der Waals surface area contributed by atoms with Crippen LogP contribution >= 0.6 is 11.6 Å². The van der Waals surface area contributed by atoms with E-state index >= 15 is 0 Å². The lowest BCUT2D eigenvalue weighted by molar-refractivity contribution is 0.213. The average Bonchev–Trinajstić information content (AvgIpc) is 2.41. The highest BCUT2D eigenvalue weighted by atomic mass is 35.5. The van der Waals surface area contributed by atoms with Crippen LogP contribution in [-0.2, 0) is 0 Å². The molecule has 1 atom stereocenters. The molecule has 0 aliphatic heterocycles. The Kier molecular flexibility index (Phi) is 4.02. The molecule has 0 heterocycles. The van der Waals surface area contributed by atoms with Crippen LogP contribution in [0.15, 0.2) is 36.4 Å². The van der Waals surface area contributed by atoms with Crippen LogP contribution in [0.3, 0.4) is 0 Å². The molecule has 0 amide bonds. The molecule has 2 aromatic carbocycles. The van der Waals surface area contributed by atoms with E-state index in [2.05, 4.69) is 0 Å². The number of aliphatic hydroxyl groups excluding tert-OH is 1. The number of hydrogen-bond acceptors (Lipinski definition) is 2. The largest absolute Gasteiger partial charge is 0.495 e. The SMILES string of the molecule is COc1ccc(C(O)c2cccc(F)c2F)cc1Cl. The van der Waals surface area contributed by atoms with Gasteiger partial charge in [0.05, 0.1) is 12.1 Å². The maximum absolute atomic E-state index is 13.6. The lowest BCUT2D eigenvalue weighted by atomic mass is 10.0. The van der Waals surface area contributed by atoms with Crippen LogP contribution in [0.5, 0.6) is 5.75 Å². The Bertz CT molecular complexity index is 602. The van der Waals surface area contributed by atoms with E-state index in [1.54, 1.807) is 12.1 Å². The van der Waals surface area contributed by atoms with Gasteiger partial charge in [0.25, 0.3) is 0 Å². The second-order valence-electron chi connectivity index (χ2n) is 3.94. The third-order valence-corrected chi connectivity index (χ3v) is 3.06. The molecule has 0 saturated heterocycles. The van der Waals surface area contributed by atoms with E-state index in [4.69, 9.17) is 16.3 Å². The van der Waals surface area contributed by atoms with Gasteiger partial charge in [-0.15, -0.1) is 0 Å². The summed E-state index contributed by atoms with van der Waals surface area (Å²) < 4.78 is 31.7. The van der Waals surface area contributed by atoms with E-state index in [9.17, 15) is 13.9 Å². The number of benzene rings is 2. The van der Waals surface area contributed by atoms with Crippen LogP contribution in [0.25, 0.3) is 0 Å². The van der Waals surface area contributed by atoms with Crippen molar-refractivity contribution in [3.63, 3.8) is 0 Å². The van der Waals surface area contributed by atoms with E-state index in [0.717, 1.165) is 6.07 Å². The van der Waals surface area contributed by atoms with Crippen LogP contribution in [0, 0.1) is 11.6 Å². The van der Waals surface area contributed by atoms with Crippen LogP contribution in [0.2, 0.25) is 5.02 Å². The molecule has 0 aliphatic rings. The summed E-state index contributed by atoms with van der Waals surface area (Å²) in [6.07, 6.45) is -1.29. The Labute approximate surface area is 114 Å². The minimum Gasteiger partial charge on any atom is -0.495 e. The van der Waals surface area contributed by atoms with Gasteiger partial charge in [0.2, 0.25) is 0 Å². The van der Waals surface area contributed by atoms with Crippen molar-refractivity contribution in [3.05, 3.63) is 64.2 Å². The zero-order valence-electron chi connectivity index (χ0n) is 10.0. The molecule has 19 heavy (non-hydrogen) atoms. The molecule has 0 aromatic heterocycles. The van der Waals surface area contributed by atoms with Crippen molar-refractivity contribution in [1.82, 2.24) is 0 Å². The third-order valence-electron chi connectivity index (χ3n) is 2.77. The number of hydrogen-bond donors (Lipinski definition) is 1. The first-order chi connectivity index (χ1) is 9.04. The van der Waals surface area contributed by atoms with Crippen molar-refractivity contribution in [2.24, 2.45) is 0 Å². The van der Waals surface area contributed by atoms with Gasteiger partial charge in [0.15, 0.2) is 11.6 Å². The molecular weight excluding hydrogens is 274 g/mol. The topological polar surface area (TPSA) is 29.5 Å². The first-order valence-electron chi connectivity index (χ1n) is 5.50. The Morgan fingerprint density at radius 1 is 1.21 bits per heavy atom. The minimum atomic E-state index is -1.29. The highest BCUT2D eigenvalue weighted by Gasteiger charge is 2.18. The average molecular weight is 285 g/mol. The van der Waals surface area contributed by atoms with Crippen molar-refractivity contribution >= 4 is 11.6 Å². The Morgan fingerprint density at radius 3 is 2.58 bits per heavy atom. The lowest BCUT2D eigenvalue weighted by Gasteiger charge is -2.14. The third kappa shape index (κ3) is 2.69. The molecule has 0 aliphatic carbocycles. The molecule has 0 radical (unpaired) electrons. The zero-order valence-corrected chi connectivity index (χ0v) is 10.8. The Balaban J connectivity index is 2.41. The summed E-state index contributed by atoms with van der Waals surface area (Å²) in [5.41, 5.74) is 0.219. The fraction of sp³-hybridized carbons (Fsp3) is 0.143. The smallest absolute Gasteiger partial charge is 0.164 e. The summed E-state index contributed by atoms with van der Waals surface area (Å²) in [6, 6.07) is 8.20. The van der Waals surface area contributed by atoms with E-state index in [1.807, 2.05) is 0 Å². The van der Waals surface area contributed by atoms with E-state index < -0.39 is 17.7 Å². The first-order valence-corrected chi connectivity index (χ1v) is 5.87. The number of rotatable bonds is 3. The predicted octanol–water partition coefficient (Wildman–Crippen LogP) is 3.71. The molecular formula is C14H11ClF2O2. The van der Waals surface area contributed by atoms with E-state index in [1.165, 1.54) is 25.3 Å². The fourth-order valence-corrected chi connectivity index (χ4v) is 2.03. The van der Waals surface area contributed by atoms with Crippen molar-refractivity contribution in [3.8, 4) is 5.75 Å². The van der Waals surface area contributed by atoms with Gasteiger partial charge < -0.3 is 9.84 Å².